The first-order valence-electron chi connectivity index (χ1n) is 9.05. The number of methoxy groups -OCH3 is 1. The average molecular weight is 397 g/mol. The quantitative estimate of drug-likeness (QED) is 0.602. The third kappa shape index (κ3) is 4.36. The molecule has 0 fully saturated rings. The van der Waals surface area contributed by atoms with Gasteiger partial charge in [0.15, 0.2) is 11.0 Å². The third-order valence-corrected chi connectivity index (χ3v) is 5.39. The summed E-state index contributed by atoms with van der Waals surface area (Å²) in [6, 6.07) is 15.5. The van der Waals surface area contributed by atoms with Crippen LogP contribution in [0.3, 0.4) is 0 Å². The molecule has 6 nitrogen and oxygen atoms in total. The molecule has 0 spiro atoms. The first-order valence-corrected chi connectivity index (χ1v) is 10.0. The Morgan fingerprint density at radius 1 is 1.14 bits per heavy atom. The van der Waals surface area contributed by atoms with Gasteiger partial charge in [-0.05, 0) is 29.7 Å². The number of nitrogens with one attached hydrogen (secondary N) is 1. The number of aromatic nitrogens is 3. The summed E-state index contributed by atoms with van der Waals surface area (Å²) in [6.45, 7) is 4.22. The first-order chi connectivity index (χ1) is 13.5. The number of rotatable bonds is 7. The smallest absolute Gasteiger partial charge is 0.234 e. The molecule has 1 aromatic heterocycles. The van der Waals surface area contributed by atoms with Crippen molar-refractivity contribution in [1.29, 1.82) is 0 Å². The lowest BCUT2D eigenvalue weighted by atomic mass is 10.0. The van der Waals surface area contributed by atoms with Gasteiger partial charge in [-0.15, -0.1) is 10.2 Å². The van der Waals surface area contributed by atoms with Gasteiger partial charge >= 0.3 is 0 Å². The molecule has 0 saturated carbocycles. The molecule has 146 valence electrons. The number of hydrogen-bond acceptors (Lipinski definition) is 5. The number of amides is 1. The number of carbonyl (C=O) groups excluding carboxylic acids is 1. The summed E-state index contributed by atoms with van der Waals surface area (Å²) < 4.78 is 7.28. The summed E-state index contributed by atoms with van der Waals surface area (Å²) in [7, 11) is 3.51. The normalized spacial score (nSPS) is 10.9. The van der Waals surface area contributed by atoms with E-state index in [4.69, 9.17) is 4.74 Å². The molecule has 0 aliphatic heterocycles. The van der Waals surface area contributed by atoms with Crippen LogP contribution in [0.2, 0.25) is 0 Å². The maximum atomic E-state index is 12.4. The van der Waals surface area contributed by atoms with E-state index in [1.165, 1.54) is 11.8 Å². The number of hydrogen-bond donors (Lipinski definition) is 1. The Labute approximate surface area is 169 Å². The highest BCUT2D eigenvalue weighted by Gasteiger charge is 2.16. The Morgan fingerprint density at radius 2 is 1.86 bits per heavy atom. The molecule has 0 aliphatic rings. The average Bonchev–Trinajstić information content (AvgIpc) is 3.06. The van der Waals surface area contributed by atoms with E-state index in [-0.39, 0.29) is 11.7 Å². The molecule has 0 unspecified atom stereocenters. The summed E-state index contributed by atoms with van der Waals surface area (Å²) in [5.41, 5.74) is 2.84. The zero-order valence-corrected chi connectivity index (χ0v) is 17.3. The molecule has 0 aliphatic carbocycles. The highest BCUT2D eigenvalue weighted by molar-refractivity contribution is 7.99. The molecule has 3 rings (SSSR count). The number of para-hydroxylation sites is 2. The van der Waals surface area contributed by atoms with Gasteiger partial charge in [0.05, 0.1) is 18.4 Å². The predicted molar refractivity (Wildman–Crippen MR) is 113 cm³/mol. The molecule has 2 aromatic carbocycles. The lowest BCUT2D eigenvalue weighted by Gasteiger charge is -2.13. The van der Waals surface area contributed by atoms with Gasteiger partial charge in [-0.3, -0.25) is 4.79 Å². The van der Waals surface area contributed by atoms with Crippen molar-refractivity contribution >= 4 is 23.4 Å². The summed E-state index contributed by atoms with van der Waals surface area (Å²) in [4.78, 5) is 12.4. The van der Waals surface area contributed by atoms with E-state index in [1.54, 1.807) is 7.11 Å². The fourth-order valence-electron chi connectivity index (χ4n) is 2.94. The Hall–Kier alpha value is -2.80. The second-order valence-corrected chi connectivity index (χ2v) is 7.59. The zero-order valence-electron chi connectivity index (χ0n) is 16.5. The number of anilines is 1. The van der Waals surface area contributed by atoms with E-state index in [1.807, 2.05) is 60.1 Å². The largest absolute Gasteiger partial charge is 0.496 e. The van der Waals surface area contributed by atoms with Gasteiger partial charge in [0.1, 0.15) is 5.75 Å². The Morgan fingerprint density at radius 3 is 2.61 bits per heavy atom. The van der Waals surface area contributed by atoms with Crippen LogP contribution in [0.25, 0.3) is 11.4 Å². The number of benzene rings is 2. The SMILES string of the molecule is COc1ccccc1-c1nnc(SCC(=O)Nc2ccccc2C(C)C)n1C. The minimum absolute atomic E-state index is 0.0695. The van der Waals surface area contributed by atoms with Crippen LogP contribution in [0.1, 0.15) is 25.3 Å². The van der Waals surface area contributed by atoms with Crippen LogP contribution < -0.4 is 10.1 Å². The van der Waals surface area contributed by atoms with Gasteiger partial charge in [-0.25, -0.2) is 0 Å². The van der Waals surface area contributed by atoms with Crippen LogP contribution in [-0.2, 0) is 11.8 Å². The third-order valence-electron chi connectivity index (χ3n) is 4.37. The van der Waals surface area contributed by atoms with Crippen molar-refractivity contribution in [3.8, 4) is 17.1 Å². The summed E-state index contributed by atoms with van der Waals surface area (Å²) in [5, 5.41) is 12.2. The summed E-state index contributed by atoms with van der Waals surface area (Å²) >= 11 is 1.35. The Balaban J connectivity index is 1.69. The van der Waals surface area contributed by atoms with Crippen molar-refractivity contribution in [3.05, 3.63) is 54.1 Å². The lowest BCUT2D eigenvalue weighted by Crippen LogP contribution is -2.16. The topological polar surface area (TPSA) is 69.0 Å². The molecular weight excluding hydrogens is 372 g/mol. The predicted octanol–water partition coefficient (Wildman–Crippen LogP) is 4.34. The van der Waals surface area contributed by atoms with E-state index >= 15 is 0 Å². The molecule has 3 aromatic rings. The minimum atomic E-state index is -0.0695. The fourth-order valence-corrected chi connectivity index (χ4v) is 3.65. The minimum Gasteiger partial charge on any atom is -0.496 e. The Kier molecular flexibility index (Phi) is 6.36. The van der Waals surface area contributed by atoms with Crippen molar-refractivity contribution in [3.63, 3.8) is 0 Å². The summed E-state index contributed by atoms with van der Waals surface area (Å²) in [6.07, 6.45) is 0. The molecular formula is C21H24N4O2S. The maximum Gasteiger partial charge on any atom is 0.234 e. The molecule has 28 heavy (non-hydrogen) atoms. The maximum absolute atomic E-state index is 12.4. The molecule has 0 saturated heterocycles. The Bertz CT molecular complexity index is 969. The van der Waals surface area contributed by atoms with E-state index in [9.17, 15) is 4.79 Å². The van der Waals surface area contributed by atoms with E-state index < -0.39 is 0 Å². The van der Waals surface area contributed by atoms with Crippen LogP contribution in [0.15, 0.2) is 53.7 Å². The monoisotopic (exact) mass is 396 g/mol. The van der Waals surface area contributed by atoms with Crippen molar-refractivity contribution < 1.29 is 9.53 Å². The van der Waals surface area contributed by atoms with Crippen LogP contribution >= 0.6 is 11.8 Å². The first kappa shape index (κ1) is 19.9. The van der Waals surface area contributed by atoms with Crippen molar-refractivity contribution in [2.45, 2.75) is 24.9 Å². The number of carbonyl (C=O) groups is 1. The van der Waals surface area contributed by atoms with Gasteiger partial charge in [-0.2, -0.15) is 0 Å². The molecule has 1 heterocycles. The lowest BCUT2D eigenvalue weighted by molar-refractivity contribution is -0.113. The number of ether oxygens (including phenoxy) is 1. The molecule has 1 N–H and O–H groups in total. The highest BCUT2D eigenvalue weighted by Crippen LogP contribution is 2.30. The molecule has 0 bridgehead atoms. The van der Waals surface area contributed by atoms with Crippen LogP contribution in [-0.4, -0.2) is 33.5 Å². The van der Waals surface area contributed by atoms with Gasteiger partial charge in [-0.1, -0.05) is 55.9 Å². The number of thioether (sulfide) groups is 1. The van der Waals surface area contributed by atoms with E-state index in [0.29, 0.717) is 16.9 Å². The number of nitrogens with zero attached hydrogens (tertiary/aromatic N) is 3. The van der Waals surface area contributed by atoms with Gasteiger partial charge in [0.25, 0.3) is 0 Å². The van der Waals surface area contributed by atoms with E-state index in [0.717, 1.165) is 22.6 Å². The second kappa shape index (κ2) is 8.93. The van der Waals surface area contributed by atoms with Crippen LogP contribution in [0.4, 0.5) is 5.69 Å². The fraction of sp³-hybridized carbons (Fsp3) is 0.286. The van der Waals surface area contributed by atoms with Crippen molar-refractivity contribution in [2.75, 3.05) is 18.2 Å². The zero-order chi connectivity index (χ0) is 20.1. The standard InChI is InChI=1S/C21H24N4O2S/c1-14(2)15-9-5-7-11-17(15)22-19(26)13-28-21-24-23-20(25(21)3)16-10-6-8-12-18(16)27-4/h5-12,14H,13H2,1-4H3,(H,22,26). The molecule has 7 heteroatoms. The summed E-state index contributed by atoms with van der Waals surface area (Å²) in [5.74, 6) is 1.96. The second-order valence-electron chi connectivity index (χ2n) is 6.64. The highest BCUT2D eigenvalue weighted by atomic mass is 32.2. The van der Waals surface area contributed by atoms with Gasteiger partial charge in [0, 0.05) is 12.7 Å². The van der Waals surface area contributed by atoms with Crippen LogP contribution in [0, 0.1) is 0 Å². The molecule has 0 radical (unpaired) electrons. The van der Waals surface area contributed by atoms with E-state index in [2.05, 4.69) is 29.4 Å². The van der Waals surface area contributed by atoms with Gasteiger partial charge < -0.3 is 14.6 Å². The molecule has 1 amide bonds. The van der Waals surface area contributed by atoms with Gasteiger partial charge in [0.2, 0.25) is 5.91 Å². The van der Waals surface area contributed by atoms with Crippen molar-refractivity contribution in [1.82, 2.24) is 14.8 Å². The van der Waals surface area contributed by atoms with Crippen molar-refractivity contribution in [2.24, 2.45) is 7.05 Å². The molecule has 0 atom stereocenters. The van der Waals surface area contributed by atoms with Crippen LogP contribution in [0.5, 0.6) is 5.75 Å².